The number of amides is 2. The average Bonchev–Trinajstić information content (AvgIpc) is 3.08. The molecule has 0 radical (unpaired) electrons. The highest BCUT2D eigenvalue weighted by atomic mass is 35.5. The van der Waals surface area contributed by atoms with E-state index in [0.29, 0.717) is 10.6 Å². The molecule has 0 aromatic heterocycles. The largest absolute Gasteiger partial charge is 0.478 e. The van der Waals surface area contributed by atoms with Gasteiger partial charge in [-0.05, 0) is 42.5 Å². The molecule has 0 saturated carbocycles. The molecule has 35 heavy (non-hydrogen) atoms. The Kier molecular flexibility index (Phi) is 8.06. The van der Waals surface area contributed by atoms with E-state index in [1.807, 2.05) is 0 Å². The lowest BCUT2D eigenvalue weighted by molar-refractivity contribution is 0.0672. The highest BCUT2D eigenvalue weighted by molar-refractivity contribution is 6.38. The van der Waals surface area contributed by atoms with Crippen LogP contribution >= 0.6 is 23.2 Å². The van der Waals surface area contributed by atoms with Gasteiger partial charge in [0, 0.05) is 30.9 Å². The van der Waals surface area contributed by atoms with E-state index in [0.717, 1.165) is 4.90 Å². The summed E-state index contributed by atoms with van der Waals surface area (Å²) in [6.45, 7) is 0. The monoisotopic (exact) mass is 510 g/mol. The maximum Gasteiger partial charge on any atom is 0.335 e. The SMILES string of the molecule is CN(C)C=C(C(=O)c1ccc(Cl)cc1Cl)N1C(=O)c2ccccc2C1=O.O=C(O)c1ccccc1. The van der Waals surface area contributed by atoms with Crippen LogP contribution in [-0.4, -0.2) is 52.6 Å². The topological polar surface area (TPSA) is 95.0 Å². The highest BCUT2D eigenvalue weighted by Gasteiger charge is 2.40. The van der Waals surface area contributed by atoms with Crippen LogP contribution in [0.2, 0.25) is 10.0 Å². The summed E-state index contributed by atoms with van der Waals surface area (Å²) in [5.74, 6) is -2.51. The summed E-state index contributed by atoms with van der Waals surface area (Å²) in [6.07, 6.45) is 1.43. The number of allylic oxidation sites excluding steroid dienone is 1. The van der Waals surface area contributed by atoms with Crippen LogP contribution in [0.3, 0.4) is 0 Å². The van der Waals surface area contributed by atoms with Crippen molar-refractivity contribution >= 4 is 46.8 Å². The lowest BCUT2D eigenvalue weighted by atomic mass is 10.1. The third-order valence-corrected chi connectivity index (χ3v) is 5.39. The molecule has 9 heteroatoms. The van der Waals surface area contributed by atoms with Crippen molar-refractivity contribution in [3.8, 4) is 0 Å². The Morgan fingerprint density at radius 2 is 1.40 bits per heavy atom. The van der Waals surface area contributed by atoms with Crippen LogP contribution in [0.1, 0.15) is 41.4 Å². The number of nitrogens with zero attached hydrogens (tertiary/aromatic N) is 2. The molecule has 1 N–H and O–H groups in total. The summed E-state index contributed by atoms with van der Waals surface area (Å²) in [7, 11) is 3.38. The second-order valence-electron chi connectivity index (χ2n) is 7.59. The number of Topliss-reactive ketones (excluding diaryl/α,β-unsaturated/α-hetero) is 1. The second-order valence-corrected chi connectivity index (χ2v) is 8.44. The Bertz CT molecular complexity index is 1300. The van der Waals surface area contributed by atoms with Gasteiger partial charge >= 0.3 is 5.97 Å². The van der Waals surface area contributed by atoms with Crippen LogP contribution in [0, 0.1) is 0 Å². The van der Waals surface area contributed by atoms with Gasteiger partial charge in [0.2, 0.25) is 5.78 Å². The summed E-state index contributed by atoms with van der Waals surface area (Å²) in [5, 5.41) is 8.91. The van der Waals surface area contributed by atoms with Gasteiger partial charge in [0.05, 0.1) is 21.7 Å². The number of rotatable bonds is 5. The van der Waals surface area contributed by atoms with Crippen LogP contribution in [-0.2, 0) is 0 Å². The summed E-state index contributed by atoms with van der Waals surface area (Å²) < 4.78 is 0. The van der Waals surface area contributed by atoms with E-state index in [1.165, 1.54) is 24.4 Å². The first-order valence-electron chi connectivity index (χ1n) is 10.3. The first-order chi connectivity index (χ1) is 16.6. The normalized spacial score (nSPS) is 12.6. The number of hydrogen-bond acceptors (Lipinski definition) is 5. The molecule has 0 atom stereocenters. The van der Waals surface area contributed by atoms with E-state index < -0.39 is 23.6 Å². The first kappa shape index (κ1) is 25.7. The van der Waals surface area contributed by atoms with Gasteiger partial charge in [-0.1, -0.05) is 53.5 Å². The van der Waals surface area contributed by atoms with Gasteiger partial charge in [-0.15, -0.1) is 0 Å². The lowest BCUT2D eigenvalue weighted by Crippen LogP contribution is -2.34. The minimum absolute atomic E-state index is 0.0783. The number of ketones is 1. The number of aromatic carboxylic acids is 1. The predicted molar refractivity (Wildman–Crippen MR) is 133 cm³/mol. The number of carboxylic acid groups (broad SMARTS) is 1. The van der Waals surface area contributed by atoms with Crippen LogP contribution in [0.5, 0.6) is 0 Å². The molecule has 4 rings (SSSR count). The molecule has 2 amide bonds. The van der Waals surface area contributed by atoms with E-state index in [9.17, 15) is 19.2 Å². The van der Waals surface area contributed by atoms with Crippen molar-refractivity contribution < 1.29 is 24.3 Å². The molecule has 1 aliphatic heterocycles. The van der Waals surface area contributed by atoms with Crippen molar-refractivity contribution in [2.75, 3.05) is 14.1 Å². The number of halogens is 2. The molecule has 1 aliphatic rings. The summed E-state index contributed by atoms with van der Waals surface area (Å²) >= 11 is 12.0. The molecule has 178 valence electrons. The molecule has 3 aromatic carbocycles. The number of carbonyl (C=O) groups is 4. The zero-order valence-electron chi connectivity index (χ0n) is 18.7. The van der Waals surface area contributed by atoms with Crippen molar-refractivity contribution in [3.63, 3.8) is 0 Å². The second kappa shape index (κ2) is 11.0. The third kappa shape index (κ3) is 5.77. The molecule has 0 aliphatic carbocycles. The molecule has 3 aromatic rings. The fraction of sp³-hybridized carbons (Fsp3) is 0.0769. The number of benzene rings is 3. The number of carboxylic acids is 1. The fourth-order valence-corrected chi connectivity index (χ4v) is 3.76. The Labute approximate surface area is 211 Å². The minimum atomic E-state index is -0.879. The Morgan fingerprint density at radius 1 is 0.857 bits per heavy atom. The smallest absolute Gasteiger partial charge is 0.335 e. The van der Waals surface area contributed by atoms with Gasteiger partial charge in [0.15, 0.2) is 0 Å². The maximum atomic E-state index is 13.1. The fourth-order valence-electron chi connectivity index (χ4n) is 3.26. The predicted octanol–water partition coefficient (Wildman–Crippen LogP) is 5.26. The van der Waals surface area contributed by atoms with Crippen LogP contribution in [0.25, 0.3) is 0 Å². The summed E-state index contributed by atoms with van der Waals surface area (Å²) in [5.41, 5.74) is 0.929. The first-order valence-corrected chi connectivity index (χ1v) is 11.0. The van der Waals surface area contributed by atoms with Crippen molar-refractivity contribution in [2.45, 2.75) is 0 Å². The maximum absolute atomic E-state index is 13.1. The van der Waals surface area contributed by atoms with Crippen molar-refractivity contribution in [1.29, 1.82) is 0 Å². The lowest BCUT2D eigenvalue weighted by Gasteiger charge is -2.19. The van der Waals surface area contributed by atoms with Crippen LogP contribution in [0.4, 0.5) is 0 Å². The van der Waals surface area contributed by atoms with E-state index in [1.54, 1.807) is 73.6 Å². The van der Waals surface area contributed by atoms with E-state index in [-0.39, 0.29) is 27.4 Å². The number of fused-ring (bicyclic) bond motifs is 1. The van der Waals surface area contributed by atoms with Crippen molar-refractivity contribution in [2.24, 2.45) is 0 Å². The van der Waals surface area contributed by atoms with Crippen LogP contribution < -0.4 is 0 Å². The van der Waals surface area contributed by atoms with E-state index >= 15 is 0 Å². The molecule has 0 fully saturated rings. The van der Waals surface area contributed by atoms with Gasteiger partial charge in [-0.25, -0.2) is 9.69 Å². The zero-order chi connectivity index (χ0) is 25.7. The quantitative estimate of drug-likeness (QED) is 0.285. The van der Waals surface area contributed by atoms with Gasteiger partial charge in [0.25, 0.3) is 11.8 Å². The van der Waals surface area contributed by atoms with Gasteiger partial charge in [-0.2, -0.15) is 0 Å². The standard InChI is InChI=1S/C19H14Cl2N2O3.C7H6O2/c1-22(2)10-16(17(24)14-8-7-11(20)9-15(14)21)23-18(25)12-5-3-4-6-13(12)19(23)26;8-7(9)6-4-2-1-3-5-6/h3-10H,1-2H3;1-5H,(H,8,9). The Hall–Kier alpha value is -3.94. The van der Waals surface area contributed by atoms with Gasteiger partial charge in [0.1, 0.15) is 5.70 Å². The average molecular weight is 511 g/mol. The minimum Gasteiger partial charge on any atom is -0.478 e. The molecule has 0 unspecified atom stereocenters. The highest BCUT2D eigenvalue weighted by Crippen LogP contribution is 2.30. The van der Waals surface area contributed by atoms with E-state index in [4.69, 9.17) is 28.3 Å². The molecule has 0 saturated heterocycles. The van der Waals surface area contributed by atoms with Crippen molar-refractivity contribution in [3.05, 3.63) is 117 Å². The molecule has 0 bridgehead atoms. The number of imide groups is 1. The van der Waals surface area contributed by atoms with E-state index in [2.05, 4.69) is 0 Å². The zero-order valence-corrected chi connectivity index (χ0v) is 20.2. The molecule has 1 heterocycles. The number of carbonyl (C=O) groups excluding carboxylic acids is 3. The Balaban J connectivity index is 0.000000320. The molecular formula is C26H20Cl2N2O5. The Morgan fingerprint density at radius 3 is 1.86 bits per heavy atom. The van der Waals surface area contributed by atoms with Gasteiger partial charge < -0.3 is 10.0 Å². The number of hydrogen-bond donors (Lipinski definition) is 1. The van der Waals surface area contributed by atoms with Crippen molar-refractivity contribution in [1.82, 2.24) is 9.80 Å². The third-order valence-electron chi connectivity index (χ3n) is 4.84. The summed E-state index contributed by atoms with van der Waals surface area (Å²) in [4.78, 5) is 51.2. The van der Waals surface area contributed by atoms with Crippen LogP contribution in [0.15, 0.2) is 84.7 Å². The molecule has 0 spiro atoms. The molecule has 7 nitrogen and oxygen atoms in total. The van der Waals surface area contributed by atoms with Gasteiger partial charge in [-0.3, -0.25) is 14.4 Å². The summed E-state index contributed by atoms with van der Waals surface area (Å²) in [6, 6.07) is 19.2. The molecular weight excluding hydrogens is 491 g/mol.